The average molecular weight is 871 g/mol. The first-order valence-corrected chi connectivity index (χ1v) is 25.2. The van der Waals surface area contributed by atoms with E-state index in [4.69, 9.17) is 9.98 Å². The smallest absolute Gasteiger partial charge is 0.172 e. The van der Waals surface area contributed by atoms with Crippen LogP contribution in [0.5, 0.6) is 0 Å². The van der Waals surface area contributed by atoms with Crippen molar-refractivity contribution in [1.29, 1.82) is 0 Å². The standard InChI is InChI=1S/C62H70N4/c1-39-19-40(2)24-49(23-39)53-31-54(50-25-41(3)20-42(4)26-50)34-57(33-53)65-37-59(47-15-11-9-12-16-47)63-61(65)62-64-60(48-17-13-10-14-18-48)38-66(62)58-35-55(51-27-43(5)21-44(6)28-51)32-56(36-58)52-29-45(7)22-46(8)30-52/h19-36,47-48,59-60H,9-18,37-38H2,1-8H3/t59-,60-/m1/s1. The molecule has 338 valence electrons. The van der Waals surface area contributed by atoms with Crippen molar-refractivity contribution in [1.82, 2.24) is 0 Å². The van der Waals surface area contributed by atoms with E-state index in [-0.39, 0.29) is 12.1 Å². The molecule has 0 amide bonds. The van der Waals surface area contributed by atoms with Crippen molar-refractivity contribution < 1.29 is 0 Å². The molecule has 10 rings (SSSR count). The number of hydrogen-bond donors (Lipinski definition) is 0. The first kappa shape index (κ1) is 44.1. The SMILES string of the molecule is Cc1cc(C)cc(-c2cc(-c3cc(C)cc(C)c3)cc(N3C[C@H](C4CCCCC4)N=C3C3=N[C@@H](C4CCCCC4)CN3c3cc(-c4cc(C)cc(C)c4)cc(-c4cc(C)cc(C)c4)c3)c2)c1. The molecule has 2 aliphatic heterocycles. The summed E-state index contributed by atoms with van der Waals surface area (Å²) in [5, 5.41) is 0. The van der Waals surface area contributed by atoms with Crippen LogP contribution in [0.15, 0.2) is 119 Å². The number of aryl methyl sites for hydroxylation is 8. The molecule has 4 heteroatoms. The molecule has 2 aliphatic carbocycles. The highest BCUT2D eigenvalue weighted by molar-refractivity contribution is 6.50. The zero-order valence-electron chi connectivity index (χ0n) is 41.0. The monoisotopic (exact) mass is 871 g/mol. The van der Waals surface area contributed by atoms with Gasteiger partial charge < -0.3 is 9.80 Å². The van der Waals surface area contributed by atoms with E-state index in [1.165, 1.54) is 165 Å². The Kier molecular flexibility index (Phi) is 12.4. The first-order chi connectivity index (χ1) is 31.9. The van der Waals surface area contributed by atoms with Gasteiger partial charge >= 0.3 is 0 Å². The molecule has 4 nitrogen and oxygen atoms in total. The Hall–Kier alpha value is -5.74. The third kappa shape index (κ3) is 9.44. The van der Waals surface area contributed by atoms with Gasteiger partial charge in [-0.25, -0.2) is 0 Å². The summed E-state index contributed by atoms with van der Waals surface area (Å²) in [5.74, 6) is 3.26. The molecule has 2 heterocycles. The van der Waals surface area contributed by atoms with E-state index in [2.05, 4.69) is 174 Å². The van der Waals surface area contributed by atoms with Crippen LogP contribution in [-0.2, 0) is 0 Å². The second-order valence-electron chi connectivity index (χ2n) is 21.1. The topological polar surface area (TPSA) is 31.2 Å². The highest BCUT2D eigenvalue weighted by atomic mass is 15.4. The number of hydrogen-bond acceptors (Lipinski definition) is 4. The largest absolute Gasteiger partial charge is 0.321 e. The second kappa shape index (κ2) is 18.5. The summed E-state index contributed by atoms with van der Waals surface area (Å²) in [5.41, 5.74) is 22.8. The van der Waals surface area contributed by atoms with Crippen molar-refractivity contribution in [2.45, 2.75) is 132 Å². The van der Waals surface area contributed by atoms with Crippen LogP contribution < -0.4 is 9.80 Å². The minimum absolute atomic E-state index is 0.223. The summed E-state index contributed by atoms with van der Waals surface area (Å²) in [4.78, 5) is 17.1. The van der Waals surface area contributed by atoms with Gasteiger partial charge in [0.1, 0.15) is 0 Å². The quantitative estimate of drug-likeness (QED) is 0.145. The molecular formula is C62H70N4. The summed E-state index contributed by atoms with van der Waals surface area (Å²) in [6, 6.07) is 43.1. The molecule has 0 N–H and O–H groups in total. The molecule has 6 aromatic carbocycles. The molecule has 2 fully saturated rings. The molecule has 0 radical (unpaired) electrons. The van der Waals surface area contributed by atoms with Crippen molar-refractivity contribution in [2.24, 2.45) is 21.8 Å². The molecule has 0 unspecified atom stereocenters. The van der Waals surface area contributed by atoms with Gasteiger partial charge in [-0.1, -0.05) is 156 Å². The number of aliphatic imine (C=N–C) groups is 2. The predicted octanol–water partition coefficient (Wildman–Crippen LogP) is 15.9. The number of rotatable bonds is 9. The minimum Gasteiger partial charge on any atom is -0.321 e. The minimum atomic E-state index is 0.223. The molecule has 0 bridgehead atoms. The van der Waals surface area contributed by atoms with Crippen molar-refractivity contribution in [3.05, 3.63) is 154 Å². The maximum absolute atomic E-state index is 5.95. The summed E-state index contributed by atoms with van der Waals surface area (Å²) in [6.07, 6.45) is 12.9. The van der Waals surface area contributed by atoms with E-state index in [0.29, 0.717) is 11.8 Å². The van der Waals surface area contributed by atoms with Crippen LogP contribution in [-0.4, -0.2) is 36.8 Å². The van der Waals surface area contributed by atoms with Crippen LogP contribution in [0.1, 0.15) is 109 Å². The lowest BCUT2D eigenvalue weighted by molar-refractivity contribution is 0.315. The fraction of sp³-hybridized carbons (Fsp3) is 0.387. The van der Waals surface area contributed by atoms with Gasteiger partial charge in [-0.3, -0.25) is 9.98 Å². The maximum atomic E-state index is 5.95. The Morgan fingerprint density at radius 3 is 0.803 bits per heavy atom. The van der Waals surface area contributed by atoms with Gasteiger partial charge in [-0.15, -0.1) is 0 Å². The van der Waals surface area contributed by atoms with Gasteiger partial charge in [0.05, 0.1) is 12.1 Å². The van der Waals surface area contributed by atoms with Crippen LogP contribution in [0.3, 0.4) is 0 Å². The zero-order chi connectivity index (χ0) is 45.6. The summed E-state index contributed by atoms with van der Waals surface area (Å²) in [6.45, 7) is 19.5. The lowest BCUT2D eigenvalue weighted by atomic mass is 9.84. The maximum Gasteiger partial charge on any atom is 0.172 e. The molecule has 0 spiro atoms. The van der Waals surface area contributed by atoms with Gasteiger partial charge in [0.15, 0.2) is 11.7 Å². The third-order valence-corrected chi connectivity index (χ3v) is 15.1. The number of amidine groups is 2. The molecule has 0 saturated heterocycles. The predicted molar refractivity (Wildman–Crippen MR) is 283 cm³/mol. The Morgan fingerprint density at radius 1 is 0.303 bits per heavy atom. The van der Waals surface area contributed by atoms with Crippen LogP contribution in [0.4, 0.5) is 11.4 Å². The van der Waals surface area contributed by atoms with Crippen molar-refractivity contribution >= 4 is 23.0 Å². The molecule has 4 aliphatic rings. The van der Waals surface area contributed by atoms with Crippen molar-refractivity contribution in [3.8, 4) is 44.5 Å². The number of anilines is 2. The Bertz CT molecular complexity index is 2430. The summed E-state index contributed by atoms with van der Waals surface area (Å²) >= 11 is 0. The van der Waals surface area contributed by atoms with Crippen LogP contribution in [0.25, 0.3) is 44.5 Å². The highest BCUT2D eigenvalue weighted by Crippen LogP contribution is 2.42. The van der Waals surface area contributed by atoms with E-state index in [0.717, 1.165) is 24.8 Å². The fourth-order valence-electron chi connectivity index (χ4n) is 12.2. The molecule has 66 heavy (non-hydrogen) atoms. The molecule has 2 saturated carbocycles. The molecule has 2 atom stereocenters. The highest BCUT2D eigenvalue weighted by Gasteiger charge is 2.41. The summed E-state index contributed by atoms with van der Waals surface area (Å²) < 4.78 is 0. The number of nitrogens with zero attached hydrogens (tertiary/aromatic N) is 4. The molecular weight excluding hydrogens is 801 g/mol. The van der Waals surface area contributed by atoms with Gasteiger partial charge in [0.2, 0.25) is 0 Å². The van der Waals surface area contributed by atoms with Gasteiger partial charge in [0, 0.05) is 24.5 Å². The van der Waals surface area contributed by atoms with Gasteiger partial charge in [0.25, 0.3) is 0 Å². The zero-order valence-corrected chi connectivity index (χ0v) is 41.0. The van der Waals surface area contributed by atoms with E-state index < -0.39 is 0 Å². The van der Waals surface area contributed by atoms with E-state index in [1.54, 1.807) is 0 Å². The lowest BCUT2D eigenvalue weighted by Gasteiger charge is -2.29. The van der Waals surface area contributed by atoms with Gasteiger partial charge in [-0.05, 0) is 174 Å². The van der Waals surface area contributed by atoms with E-state index in [9.17, 15) is 0 Å². The van der Waals surface area contributed by atoms with Crippen LogP contribution in [0, 0.1) is 67.2 Å². The van der Waals surface area contributed by atoms with Crippen LogP contribution in [0.2, 0.25) is 0 Å². The van der Waals surface area contributed by atoms with Crippen molar-refractivity contribution in [3.63, 3.8) is 0 Å². The normalized spacial score (nSPS) is 19.4. The summed E-state index contributed by atoms with van der Waals surface area (Å²) in [7, 11) is 0. The fourth-order valence-corrected chi connectivity index (χ4v) is 12.2. The lowest BCUT2D eigenvalue weighted by Crippen LogP contribution is -2.42. The Labute approximate surface area is 395 Å². The van der Waals surface area contributed by atoms with Crippen LogP contribution >= 0.6 is 0 Å². The Balaban J connectivity index is 1.17. The number of benzene rings is 6. The molecule has 0 aromatic heterocycles. The third-order valence-electron chi connectivity index (χ3n) is 15.1. The molecule has 6 aromatic rings. The second-order valence-corrected chi connectivity index (χ2v) is 21.1. The van der Waals surface area contributed by atoms with E-state index >= 15 is 0 Å². The van der Waals surface area contributed by atoms with E-state index in [1.807, 2.05) is 0 Å². The average Bonchev–Trinajstić information content (AvgIpc) is 3.94. The Morgan fingerprint density at radius 2 is 0.545 bits per heavy atom. The first-order valence-electron chi connectivity index (χ1n) is 25.2. The van der Waals surface area contributed by atoms with Crippen molar-refractivity contribution in [2.75, 3.05) is 22.9 Å². The van der Waals surface area contributed by atoms with Gasteiger partial charge in [-0.2, -0.15) is 0 Å².